The number of benzene rings is 3. The molecule has 3 aromatic carbocycles. The van der Waals surface area contributed by atoms with Crippen LogP contribution in [0, 0.1) is 5.82 Å². The van der Waals surface area contributed by atoms with E-state index < -0.39 is 18.3 Å². The summed E-state index contributed by atoms with van der Waals surface area (Å²) in [5.74, 6) is -0.381. The molecule has 0 spiro atoms. The number of aryl methyl sites for hydroxylation is 1. The number of hydrogen-bond donors (Lipinski definition) is 1. The van der Waals surface area contributed by atoms with Crippen molar-refractivity contribution in [3.63, 3.8) is 0 Å². The molecular formula is C38H41FN4O4SSi. The molecule has 6 rings (SSSR count). The number of fused-ring (bicyclic) bond motifs is 1. The SMILES string of the molecule is CC(C)(C)[Si](C)(C)OCCCn1nc(-c2ccnc3c2cc(-c2ccccc2)n3S(=O)(=O)c2ccccc2)c(-c2ccc(F)cc2)c1CO. The molecule has 8 nitrogen and oxygen atoms in total. The summed E-state index contributed by atoms with van der Waals surface area (Å²) >= 11 is 0. The van der Waals surface area contributed by atoms with Gasteiger partial charge in [-0.1, -0.05) is 81.4 Å². The van der Waals surface area contributed by atoms with Crippen molar-refractivity contribution in [3.05, 3.63) is 115 Å². The van der Waals surface area contributed by atoms with Crippen molar-refractivity contribution < 1.29 is 22.3 Å². The Labute approximate surface area is 288 Å². The summed E-state index contributed by atoms with van der Waals surface area (Å²) in [6, 6.07) is 27.3. The summed E-state index contributed by atoms with van der Waals surface area (Å²) in [6.07, 6.45) is 2.24. The number of nitrogens with zero attached hydrogens (tertiary/aromatic N) is 4. The number of pyridine rings is 1. The van der Waals surface area contributed by atoms with Crippen LogP contribution in [-0.2, 0) is 27.6 Å². The van der Waals surface area contributed by atoms with Crippen LogP contribution in [0.4, 0.5) is 4.39 Å². The summed E-state index contributed by atoms with van der Waals surface area (Å²) in [6.45, 7) is 11.8. The highest BCUT2D eigenvalue weighted by molar-refractivity contribution is 7.90. The minimum Gasteiger partial charge on any atom is -0.417 e. The van der Waals surface area contributed by atoms with Crippen molar-refractivity contribution in [2.45, 2.75) is 63.4 Å². The fourth-order valence-corrected chi connectivity index (χ4v) is 8.33. The average molecular weight is 697 g/mol. The molecule has 254 valence electrons. The Morgan fingerprint density at radius 2 is 1.55 bits per heavy atom. The number of halogens is 1. The minimum atomic E-state index is -4.08. The quantitative estimate of drug-likeness (QED) is 0.108. The third-order valence-corrected chi connectivity index (χ3v) is 15.6. The van der Waals surface area contributed by atoms with Crippen LogP contribution >= 0.6 is 0 Å². The standard InChI is InChI=1S/C38H41FN4O4SSi/c1-38(2,3)49(4,5)47-24-12-23-42-34(26-44)35(28-17-19-29(39)20-18-28)36(41-42)31-21-22-40-37-32(31)25-33(27-13-8-6-9-14-27)43(37)48(45,46)30-15-10-7-11-16-30/h6-11,13-22,25,44H,12,23-24,26H2,1-5H3. The first-order valence-electron chi connectivity index (χ1n) is 16.3. The van der Waals surface area contributed by atoms with Gasteiger partial charge < -0.3 is 9.53 Å². The van der Waals surface area contributed by atoms with Crippen LogP contribution in [-0.4, -0.2) is 47.2 Å². The van der Waals surface area contributed by atoms with Gasteiger partial charge in [-0.15, -0.1) is 0 Å². The van der Waals surface area contributed by atoms with Gasteiger partial charge in [0.1, 0.15) is 11.5 Å². The van der Waals surface area contributed by atoms with E-state index in [1.165, 1.54) is 16.1 Å². The zero-order valence-electron chi connectivity index (χ0n) is 28.4. The van der Waals surface area contributed by atoms with Crippen LogP contribution in [0.5, 0.6) is 0 Å². The van der Waals surface area contributed by atoms with Crippen molar-refractivity contribution in [2.24, 2.45) is 0 Å². The van der Waals surface area contributed by atoms with Gasteiger partial charge in [0.05, 0.1) is 22.9 Å². The van der Waals surface area contributed by atoms with E-state index in [1.807, 2.05) is 36.4 Å². The van der Waals surface area contributed by atoms with E-state index in [9.17, 15) is 17.9 Å². The highest BCUT2D eigenvalue weighted by Crippen LogP contribution is 2.41. The van der Waals surface area contributed by atoms with Gasteiger partial charge in [-0.25, -0.2) is 21.8 Å². The molecule has 6 aromatic rings. The zero-order valence-corrected chi connectivity index (χ0v) is 30.2. The Morgan fingerprint density at radius 1 is 0.898 bits per heavy atom. The highest BCUT2D eigenvalue weighted by atomic mass is 32.2. The molecule has 0 fully saturated rings. The Kier molecular flexibility index (Phi) is 9.47. The fourth-order valence-electron chi connectivity index (χ4n) is 5.74. The number of hydrogen-bond acceptors (Lipinski definition) is 6. The molecule has 0 amide bonds. The van der Waals surface area contributed by atoms with E-state index in [0.29, 0.717) is 64.3 Å². The second-order valence-electron chi connectivity index (χ2n) is 13.6. The predicted molar refractivity (Wildman–Crippen MR) is 194 cm³/mol. The Balaban J connectivity index is 1.54. The van der Waals surface area contributed by atoms with Crippen LogP contribution in [0.2, 0.25) is 18.1 Å². The van der Waals surface area contributed by atoms with Crippen LogP contribution in [0.3, 0.4) is 0 Å². The van der Waals surface area contributed by atoms with Gasteiger partial charge in [0.15, 0.2) is 14.0 Å². The maximum absolute atomic E-state index is 14.3. The molecule has 0 radical (unpaired) electrons. The second kappa shape index (κ2) is 13.5. The molecular weight excluding hydrogens is 656 g/mol. The van der Waals surface area contributed by atoms with Crippen molar-refractivity contribution >= 4 is 29.4 Å². The van der Waals surface area contributed by atoms with Crippen molar-refractivity contribution in [3.8, 4) is 33.6 Å². The second-order valence-corrected chi connectivity index (χ2v) is 20.2. The highest BCUT2D eigenvalue weighted by Gasteiger charge is 2.37. The lowest BCUT2D eigenvalue weighted by Crippen LogP contribution is -2.41. The smallest absolute Gasteiger partial charge is 0.269 e. The van der Waals surface area contributed by atoms with E-state index in [2.05, 4.69) is 38.8 Å². The third-order valence-electron chi connectivity index (χ3n) is 9.39. The van der Waals surface area contributed by atoms with Gasteiger partial charge in [0.2, 0.25) is 0 Å². The largest absolute Gasteiger partial charge is 0.417 e. The van der Waals surface area contributed by atoms with Gasteiger partial charge >= 0.3 is 0 Å². The molecule has 3 aromatic heterocycles. The maximum Gasteiger partial charge on any atom is 0.269 e. The lowest BCUT2D eigenvalue weighted by atomic mass is 9.97. The third kappa shape index (κ3) is 6.63. The average Bonchev–Trinajstić information content (AvgIpc) is 3.67. The van der Waals surface area contributed by atoms with Crippen LogP contribution in [0.1, 0.15) is 32.9 Å². The fraction of sp³-hybridized carbons (Fsp3) is 0.263. The van der Waals surface area contributed by atoms with Gasteiger partial charge in [-0.3, -0.25) is 4.68 Å². The first kappa shape index (κ1) is 34.4. The molecule has 11 heteroatoms. The molecule has 0 saturated heterocycles. The normalized spacial score (nSPS) is 12.6. The summed E-state index contributed by atoms with van der Waals surface area (Å²) in [7, 11) is -6.03. The van der Waals surface area contributed by atoms with E-state index in [1.54, 1.807) is 59.4 Å². The summed E-state index contributed by atoms with van der Waals surface area (Å²) in [5, 5.41) is 16.4. The van der Waals surface area contributed by atoms with Crippen LogP contribution in [0.25, 0.3) is 44.7 Å². The summed E-state index contributed by atoms with van der Waals surface area (Å²) in [5.41, 5.74) is 4.44. The molecule has 49 heavy (non-hydrogen) atoms. The first-order chi connectivity index (χ1) is 23.3. The van der Waals surface area contributed by atoms with Gasteiger partial charge in [-0.05, 0) is 72.1 Å². The van der Waals surface area contributed by atoms with E-state index in [4.69, 9.17) is 9.52 Å². The van der Waals surface area contributed by atoms with E-state index >= 15 is 0 Å². The monoisotopic (exact) mass is 696 g/mol. The van der Waals surface area contributed by atoms with Gasteiger partial charge in [0.25, 0.3) is 10.0 Å². The first-order valence-corrected chi connectivity index (χ1v) is 20.7. The number of aliphatic hydroxyl groups excluding tert-OH is 1. The Morgan fingerprint density at radius 3 is 2.18 bits per heavy atom. The van der Waals surface area contributed by atoms with E-state index in [0.717, 1.165) is 0 Å². The molecule has 0 atom stereocenters. The van der Waals surface area contributed by atoms with Crippen LogP contribution in [0.15, 0.2) is 108 Å². The number of aliphatic hydroxyl groups is 1. The number of aromatic nitrogens is 4. The molecule has 0 aliphatic heterocycles. The van der Waals surface area contributed by atoms with Gasteiger partial charge in [-0.2, -0.15) is 5.10 Å². The lowest BCUT2D eigenvalue weighted by molar-refractivity contribution is 0.254. The molecule has 1 N–H and O–H groups in total. The van der Waals surface area contributed by atoms with E-state index in [-0.39, 0.29) is 28.0 Å². The van der Waals surface area contributed by atoms with Gasteiger partial charge in [0, 0.05) is 35.9 Å². The molecule has 3 heterocycles. The maximum atomic E-state index is 14.3. The Hall–Kier alpha value is -4.42. The Bertz CT molecular complexity index is 2190. The molecule has 0 bridgehead atoms. The van der Waals surface area contributed by atoms with Crippen LogP contribution < -0.4 is 0 Å². The summed E-state index contributed by atoms with van der Waals surface area (Å²) in [4.78, 5) is 4.74. The molecule has 0 aliphatic carbocycles. The summed E-state index contributed by atoms with van der Waals surface area (Å²) < 4.78 is 52.2. The predicted octanol–water partition coefficient (Wildman–Crippen LogP) is 8.51. The topological polar surface area (TPSA) is 99.2 Å². The van der Waals surface area contributed by atoms with Crippen molar-refractivity contribution in [2.75, 3.05) is 6.61 Å². The molecule has 0 aliphatic rings. The lowest BCUT2D eigenvalue weighted by Gasteiger charge is -2.36. The van der Waals surface area contributed by atoms with Crippen molar-refractivity contribution in [1.29, 1.82) is 0 Å². The van der Waals surface area contributed by atoms with Crippen molar-refractivity contribution in [1.82, 2.24) is 18.7 Å². The number of rotatable bonds is 11. The zero-order chi connectivity index (χ0) is 35.0. The molecule has 0 unspecified atom stereocenters. The minimum absolute atomic E-state index is 0.0770. The molecule has 0 saturated carbocycles.